The number of amides is 1. The minimum Gasteiger partial charge on any atom is -0.396 e. The normalized spacial score (nSPS) is 15.3. The van der Waals surface area contributed by atoms with Crippen LogP contribution in [0, 0.1) is 11.7 Å². The number of benzene rings is 1. The lowest BCUT2D eigenvalue weighted by molar-refractivity contribution is -0.117. The maximum absolute atomic E-state index is 13.0. The average Bonchev–Trinajstić information content (AvgIpc) is 2.28. The third-order valence-corrected chi connectivity index (χ3v) is 3.49. The van der Waals surface area contributed by atoms with Crippen molar-refractivity contribution in [3.05, 3.63) is 24.0 Å². The van der Waals surface area contributed by atoms with E-state index in [1.807, 2.05) is 11.9 Å². The monoisotopic (exact) mass is 265 g/mol. The van der Waals surface area contributed by atoms with Crippen molar-refractivity contribution in [2.45, 2.75) is 19.3 Å². The predicted octanol–water partition coefficient (Wildman–Crippen LogP) is 2.08. The van der Waals surface area contributed by atoms with Crippen LogP contribution in [-0.2, 0) is 4.79 Å². The average molecular weight is 265 g/mol. The van der Waals surface area contributed by atoms with Gasteiger partial charge in [0.15, 0.2) is 0 Å². The molecule has 1 aliphatic rings. The van der Waals surface area contributed by atoms with Crippen LogP contribution in [0.2, 0.25) is 0 Å². The molecule has 1 saturated carbocycles. The molecule has 19 heavy (non-hydrogen) atoms. The largest absolute Gasteiger partial charge is 0.396 e. The number of likely N-dealkylation sites (N-methyl/N-ethyl adjacent to an activating group) is 1. The summed E-state index contributed by atoms with van der Waals surface area (Å²) in [5.74, 6) is 0.159. The van der Waals surface area contributed by atoms with E-state index in [0.717, 1.165) is 12.5 Å². The van der Waals surface area contributed by atoms with Gasteiger partial charge < -0.3 is 11.1 Å². The molecule has 0 aromatic heterocycles. The van der Waals surface area contributed by atoms with Gasteiger partial charge in [-0.3, -0.25) is 9.69 Å². The molecule has 2 rings (SSSR count). The molecule has 0 bridgehead atoms. The fraction of sp³-hybridized carbons (Fsp3) is 0.500. The Hall–Kier alpha value is -1.62. The van der Waals surface area contributed by atoms with Crippen LogP contribution in [0.5, 0.6) is 0 Å². The molecule has 0 aliphatic heterocycles. The molecule has 0 heterocycles. The highest BCUT2D eigenvalue weighted by Gasteiger charge is 2.19. The molecule has 104 valence electrons. The van der Waals surface area contributed by atoms with Crippen molar-refractivity contribution in [1.82, 2.24) is 4.90 Å². The Balaban J connectivity index is 1.80. The summed E-state index contributed by atoms with van der Waals surface area (Å²) < 4.78 is 13.0. The fourth-order valence-electron chi connectivity index (χ4n) is 2.25. The van der Waals surface area contributed by atoms with Crippen molar-refractivity contribution in [3.8, 4) is 0 Å². The summed E-state index contributed by atoms with van der Waals surface area (Å²) in [5.41, 5.74) is 6.02. The van der Waals surface area contributed by atoms with E-state index in [1.165, 1.54) is 37.5 Å². The molecule has 0 radical (unpaired) electrons. The Labute approximate surface area is 112 Å². The van der Waals surface area contributed by atoms with Gasteiger partial charge in [-0.2, -0.15) is 0 Å². The zero-order valence-electron chi connectivity index (χ0n) is 11.2. The van der Waals surface area contributed by atoms with Crippen molar-refractivity contribution < 1.29 is 9.18 Å². The highest BCUT2D eigenvalue weighted by atomic mass is 19.1. The lowest BCUT2D eigenvalue weighted by Gasteiger charge is -2.29. The highest BCUT2D eigenvalue weighted by Crippen LogP contribution is 2.26. The van der Waals surface area contributed by atoms with E-state index in [9.17, 15) is 9.18 Å². The second-order valence-corrected chi connectivity index (χ2v) is 5.28. The standard InChI is InChI=1S/C14H20FN3O/c1-18(8-10-3-2-4-10)9-14(19)17-11-5-6-12(15)13(16)7-11/h5-7,10H,2-4,8-9,16H2,1H3,(H,17,19). The van der Waals surface area contributed by atoms with E-state index >= 15 is 0 Å². The molecule has 1 aromatic carbocycles. The number of nitrogens with one attached hydrogen (secondary N) is 1. The first-order valence-electron chi connectivity index (χ1n) is 6.58. The summed E-state index contributed by atoms with van der Waals surface area (Å²) in [6.07, 6.45) is 3.83. The Morgan fingerprint density at radius 3 is 2.84 bits per heavy atom. The van der Waals surface area contributed by atoms with Crippen LogP contribution in [0.15, 0.2) is 18.2 Å². The zero-order chi connectivity index (χ0) is 13.8. The number of carbonyl (C=O) groups is 1. The molecule has 0 atom stereocenters. The first kappa shape index (κ1) is 13.8. The number of carbonyl (C=O) groups excluding carboxylic acids is 1. The van der Waals surface area contributed by atoms with Gasteiger partial charge in [-0.15, -0.1) is 0 Å². The second-order valence-electron chi connectivity index (χ2n) is 5.28. The number of nitrogens with two attached hydrogens (primary N) is 1. The maximum Gasteiger partial charge on any atom is 0.238 e. The molecule has 5 heteroatoms. The van der Waals surface area contributed by atoms with Crippen LogP contribution >= 0.6 is 0 Å². The van der Waals surface area contributed by atoms with Gasteiger partial charge in [0.1, 0.15) is 5.82 Å². The number of rotatable bonds is 5. The van der Waals surface area contributed by atoms with Gasteiger partial charge in [0, 0.05) is 12.2 Å². The summed E-state index contributed by atoms with van der Waals surface area (Å²) in [6.45, 7) is 1.30. The van der Waals surface area contributed by atoms with Crippen LogP contribution in [0.3, 0.4) is 0 Å². The van der Waals surface area contributed by atoms with Gasteiger partial charge in [0.25, 0.3) is 0 Å². The smallest absolute Gasteiger partial charge is 0.238 e. The molecule has 3 N–H and O–H groups in total. The van der Waals surface area contributed by atoms with Gasteiger partial charge >= 0.3 is 0 Å². The minimum atomic E-state index is -0.472. The number of anilines is 2. The van der Waals surface area contributed by atoms with Gasteiger partial charge in [0.2, 0.25) is 5.91 Å². The SMILES string of the molecule is CN(CC(=O)Nc1ccc(F)c(N)c1)CC1CCC1. The Bertz CT molecular complexity index is 460. The quantitative estimate of drug-likeness (QED) is 0.801. The number of hydrogen-bond acceptors (Lipinski definition) is 3. The predicted molar refractivity (Wildman–Crippen MR) is 74.3 cm³/mol. The van der Waals surface area contributed by atoms with E-state index < -0.39 is 5.82 Å². The van der Waals surface area contributed by atoms with E-state index in [2.05, 4.69) is 5.32 Å². The van der Waals surface area contributed by atoms with Crippen LogP contribution in [-0.4, -0.2) is 30.9 Å². The third-order valence-electron chi connectivity index (χ3n) is 3.49. The number of hydrogen-bond donors (Lipinski definition) is 2. The summed E-state index contributed by atoms with van der Waals surface area (Å²) in [5, 5.41) is 2.72. The molecular formula is C14H20FN3O. The third kappa shape index (κ3) is 3.92. The summed E-state index contributed by atoms with van der Waals surface area (Å²) in [6, 6.07) is 4.19. The molecule has 1 aliphatic carbocycles. The molecule has 1 fully saturated rings. The van der Waals surface area contributed by atoms with E-state index in [4.69, 9.17) is 5.73 Å². The lowest BCUT2D eigenvalue weighted by Crippen LogP contribution is -2.35. The summed E-state index contributed by atoms with van der Waals surface area (Å²) in [4.78, 5) is 13.8. The van der Waals surface area contributed by atoms with Crippen molar-refractivity contribution in [2.75, 3.05) is 31.2 Å². The first-order chi connectivity index (χ1) is 9.04. The minimum absolute atomic E-state index is 0.0422. The van der Waals surface area contributed by atoms with Crippen molar-refractivity contribution in [1.29, 1.82) is 0 Å². The fourth-order valence-corrected chi connectivity index (χ4v) is 2.25. The summed E-state index contributed by atoms with van der Waals surface area (Å²) in [7, 11) is 1.94. The highest BCUT2D eigenvalue weighted by molar-refractivity contribution is 5.92. The first-order valence-corrected chi connectivity index (χ1v) is 6.58. The zero-order valence-corrected chi connectivity index (χ0v) is 11.2. The number of halogens is 1. The van der Waals surface area contributed by atoms with Gasteiger partial charge in [-0.1, -0.05) is 6.42 Å². The molecule has 0 spiro atoms. The van der Waals surface area contributed by atoms with Crippen LogP contribution in [0.4, 0.5) is 15.8 Å². The van der Waals surface area contributed by atoms with Crippen molar-refractivity contribution >= 4 is 17.3 Å². The Morgan fingerprint density at radius 2 is 2.26 bits per heavy atom. The van der Waals surface area contributed by atoms with Crippen LogP contribution < -0.4 is 11.1 Å². The van der Waals surface area contributed by atoms with Gasteiger partial charge in [0.05, 0.1) is 12.2 Å². The van der Waals surface area contributed by atoms with E-state index in [1.54, 1.807) is 0 Å². The molecule has 1 amide bonds. The summed E-state index contributed by atoms with van der Waals surface area (Å²) >= 11 is 0. The Kier molecular flexibility index (Phi) is 4.37. The molecule has 1 aromatic rings. The molecule has 4 nitrogen and oxygen atoms in total. The maximum atomic E-state index is 13.0. The van der Waals surface area contributed by atoms with Crippen molar-refractivity contribution in [2.24, 2.45) is 5.92 Å². The van der Waals surface area contributed by atoms with Gasteiger partial charge in [-0.05, 0) is 44.0 Å². The number of nitrogen functional groups attached to an aromatic ring is 1. The van der Waals surface area contributed by atoms with Crippen molar-refractivity contribution in [3.63, 3.8) is 0 Å². The van der Waals surface area contributed by atoms with Crippen LogP contribution in [0.1, 0.15) is 19.3 Å². The van der Waals surface area contributed by atoms with E-state index in [-0.39, 0.29) is 11.6 Å². The van der Waals surface area contributed by atoms with E-state index in [0.29, 0.717) is 12.2 Å². The second kappa shape index (κ2) is 6.02. The number of nitrogens with zero attached hydrogens (tertiary/aromatic N) is 1. The molecular weight excluding hydrogens is 245 g/mol. The molecule has 0 unspecified atom stereocenters. The van der Waals surface area contributed by atoms with Crippen LogP contribution in [0.25, 0.3) is 0 Å². The lowest BCUT2D eigenvalue weighted by atomic mass is 9.85. The topological polar surface area (TPSA) is 58.4 Å². The molecule has 0 saturated heterocycles. The Morgan fingerprint density at radius 1 is 1.53 bits per heavy atom. The van der Waals surface area contributed by atoms with Gasteiger partial charge in [-0.25, -0.2) is 4.39 Å².